The van der Waals surface area contributed by atoms with Gasteiger partial charge in [0, 0.05) is 28.2 Å². The van der Waals surface area contributed by atoms with Gasteiger partial charge >= 0.3 is 6.08 Å². The van der Waals surface area contributed by atoms with E-state index in [-0.39, 0.29) is 5.82 Å². The van der Waals surface area contributed by atoms with Crippen LogP contribution in [0.25, 0.3) is 0 Å². The summed E-state index contributed by atoms with van der Waals surface area (Å²) < 4.78 is 24.0. The summed E-state index contributed by atoms with van der Waals surface area (Å²) in [5, 5.41) is 0. The predicted molar refractivity (Wildman–Crippen MR) is 36.6 cm³/mol. The van der Waals surface area contributed by atoms with E-state index in [0.29, 0.717) is 0 Å². The van der Waals surface area contributed by atoms with E-state index < -0.39 is 6.08 Å². The fourth-order valence-corrected chi connectivity index (χ4v) is 0.738. The summed E-state index contributed by atoms with van der Waals surface area (Å²) in [6.45, 7) is 0. The first-order valence-corrected chi connectivity index (χ1v) is 2.86. The molecule has 0 bridgehead atoms. The van der Waals surface area contributed by atoms with Gasteiger partial charge in [0.05, 0.1) is 0 Å². The Labute approximate surface area is 59.7 Å². The maximum absolute atomic E-state index is 12.0. The van der Waals surface area contributed by atoms with Crippen LogP contribution in [0.3, 0.4) is 0 Å². The standard InChI is InChI=1S/C6H12F2N2/c1-9(2)6(5(7)8)10(3)4/h1-4H3. The maximum Gasteiger partial charge on any atom is 0.310 e. The second kappa shape index (κ2) is 3.39. The van der Waals surface area contributed by atoms with Crippen LogP contribution < -0.4 is 0 Å². The van der Waals surface area contributed by atoms with E-state index in [4.69, 9.17) is 0 Å². The summed E-state index contributed by atoms with van der Waals surface area (Å²) in [4.78, 5) is 2.74. The molecule has 10 heavy (non-hydrogen) atoms. The first-order chi connectivity index (χ1) is 4.46. The molecule has 60 valence electrons. The Morgan fingerprint density at radius 3 is 1.20 bits per heavy atom. The second-order valence-corrected chi connectivity index (χ2v) is 2.37. The summed E-state index contributed by atoms with van der Waals surface area (Å²) in [6.07, 6.45) is -1.66. The van der Waals surface area contributed by atoms with E-state index >= 15 is 0 Å². The molecule has 0 unspecified atom stereocenters. The molecule has 0 aliphatic rings. The van der Waals surface area contributed by atoms with Crippen molar-refractivity contribution in [2.24, 2.45) is 0 Å². The van der Waals surface area contributed by atoms with Gasteiger partial charge in [-0.1, -0.05) is 0 Å². The van der Waals surface area contributed by atoms with Crippen LogP contribution in [-0.2, 0) is 0 Å². The van der Waals surface area contributed by atoms with Crippen LogP contribution in [0.1, 0.15) is 0 Å². The minimum atomic E-state index is -1.66. The first kappa shape index (κ1) is 9.20. The summed E-state index contributed by atoms with van der Waals surface area (Å²) >= 11 is 0. The van der Waals surface area contributed by atoms with Crippen LogP contribution in [0.4, 0.5) is 8.78 Å². The molecule has 0 aromatic rings. The lowest BCUT2D eigenvalue weighted by Crippen LogP contribution is -2.25. The third-order valence-electron chi connectivity index (χ3n) is 1.02. The lowest BCUT2D eigenvalue weighted by atomic mass is 10.6. The van der Waals surface area contributed by atoms with Crippen LogP contribution in [-0.4, -0.2) is 38.0 Å². The van der Waals surface area contributed by atoms with Crippen LogP contribution >= 0.6 is 0 Å². The molecule has 0 saturated heterocycles. The van der Waals surface area contributed by atoms with Crippen molar-refractivity contribution in [2.75, 3.05) is 28.2 Å². The molecule has 0 saturated carbocycles. The Hall–Kier alpha value is -0.800. The van der Waals surface area contributed by atoms with Gasteiger partial charge in [0.15, 0.2) is 5.82 Å². The van der Waals surface area contributed by atoms with E-state index in [1.165, 1.54) is 9.80 Å². The quantitative estimate of drug-likeness (QED) is 0.583. The topological polar surface area (TPSA) is 6.48 Å². The smallest absolute Gasteiger partial charge is 0.310 e. The molecule has 4 heteroatoms. The molecule has 0 aromatic carbocycles. The number of nitrogens with zero attached hydrogens (tertiary/aromatic N) is 2. The SMILES string of the molecule is CN(C)C(=C(F)F)N(C)C. The average molecular weight is 150 g/mol. The Bertz CT molecular complexity index is 127. The van der Waals surface area contributed by atoms with Crippen molar-refractivity contribution in [3.63, 3.8) is 0 Å². The predicted octanol–water partition coefficient (Wildman–Crippen LogP) is 1.18. The molecule has 0 heterocycles. The van der Waals surface area contributed by atoms with E-state index in [1.54, 1.807) is 28.2 Å². The number of rotatable bonds is 2. The zero-order chi connectivity index (χ0) is 8.31. The fraction of sp³-hybridized carbons (Fsp3) is 0.667. The Morgan fingerprint density at radius 1 is 0.900 bits per heavy atom. The molecule has 0 N–H and O–H groups in total. The van der Waals surface area contributed by atoms with Gasteiger partial charge < -0.3 is 9.80 Å². The zero-order valence-corrected chi connectivity index (χ0v) is 6.65. The summed E-state index contributed by atoms with van der Waals surface area (Å²) in [5.41, 5.74) is 0. The summed E-state index contributed by atoms with van der Waals surface area (Å²) in [7, 11) is 6.31. The summed E-state index contributed by atoms with van der Waals surface area (Å²) in [5.74, 6) is -0.0556. The molecule has 2 nitrogen and oxygen atoms in total. The minimum absolute atomic E-state index is 0.0556. The van der Waals surface area contributed by atoms with Gasteiger partial charge in [-0.2, -0.15) is 8.78 Å². The molecule has 0 fully saturated rings. The lowest BCUT2D eigenvalue weighted by molar-refractivity contribution is 0.276. The van der Waals surface area contributed by atoms with Crippen LogP contribution in [0.5, 0.6) is 0 Å². The van der Waals surface area contributed by atoms with Crippen molar-refractivity contribution in [3.8, 4) is 0 Å². The van der Waals surface area contributed by atoms with Gasteiger partial charge in [-0.3, -0.25) is 0 Å². The number of hydrogen-bond donors (Lipinski definition) is 0. The third kappa shape index (κ3) is 2.21. The van der Waals surface area contributed by atoms with Gasteiger partial charge in [-0.25, -0.2) is 0 Å². The Morgan fingerprint density at radius 2 is 1.20 bits per heavy atom. The van der Waals surface area contributed by atoms with Crippen molar-refractivity contribution >= 4 is 0 Å². The highest BCUT2D eigenvalue weighted by Crippen LogP contribution is 2.11. The Balaban J connectivity index is 4.44. The second-order valence-electron chi connectivity index (χ2n) is 2.37. The van der Waals surface area contributed by atoms with Crippen molar-refractivity contribution in [3.05, 3.63) is 11.9 Å². The average Bonchev–Trinajstić information content (AvgIpc) is 1.59. The van der Waals surface area contributed by atoms with Crippen molar-refractivity contribution in [2.45, 2.75) is 0 Å². The molecule has 0 atom stereocenters. The third-order valence-corrected chi connectivity index (χ3v) is 1.02. The highest BCUT2D eigenvalue weighted by molar-refractivity contribution is 4.96. The summed E-state index contributed by atoms with van der Waals surface area (Å²) in [6, 6.07) is 0. The highest BCUT2D eigenvalue weighted by atomic mass is 19.3. The minimum Gasteiger partial charge on any atom is -0.360 e. The van der Waals surface area contributed by atoms with E-state index in [1.807, 2.05) is 0 Å². The van der Waals surface area contributed by atoms with Crippen LogP contribution in [0, 0.1) is 0 Å². The zero-order valence-electron chi connectivity index (χ0n) is 6.65. The van der Waals surface area contributed by atoms with Crippen LogP contribution in [0.15, 0.2) is 11.9 Å². The molecule has 0 aliphatic heterocycles. The van der Waals surface area contributed by atoms with Crippen molar-refractivity contribution < 1.29 is 8.78 Å². The van der Waals surface area contributed by atoms with Gasteiger partial charge in [-0.05, 0) is 0 Å². The Kier molecular flexibility index (Phi) is 3.12. The molecule has 0 rings (SSSR count). The van der Waals surface area contributed by atoms with E-state index in [0.717, 1.165) is 0 Å². The highest BCUT2D eigenvalue weighted by Gasteiger charge is 2.09. The maximum atomic E-state index is 12.0. The largest absolute Gasteiger partial charge is 0.360 e. The van der Waals surface area contributed by atoms with Gasteiger partial charge in [-0.15, -0.1) is 0 Å². The fourth-order valence-electron chi connectivity index (χ4n) is 0.738. The monoisotopic (exact) mass is 150 g/mol. The van der Waals surface area contributed by atoms with Gasteiger partial charge in [0.25, 0.3) is 0 Å². The molecule has 0 spiro atoms. The van der Waals surface area contributed by atoms with Gasteiger partial charge in [0.1, 0.15) is 0 Å². The molecule has 0 aromatic heterocycles. The van der Waals surface area contributed by atoms with Crippen molar-refractivity contribution in [1.82, 2.24) is 9.80 Å². The normalized spacial score (nSPS) is 9.00. The molecule has 0 radical (unpaired) electrons. The first-order valence-electron chi connectivity index (χ1n) is 2.86. The molecule has 0 aliphatic carbocycles. The van der Waals surface area contributed by atoms with Gasteiger partial charge in [0.2, 0.25) is 0 Å². The lowest BCUT2D eigenvalue weighted by Gasteiger charge is -2.22. The molecular weight excluding hydrogens is 138 g/mol. The molecular formula is C6H12F2N2. The number of hydrogen-bond acceptors (Lipinski definition) is 2. The van der Waals surface area contributed by atoms with Crippen molar-refractivity contribution in [1.29, 1.82) is 0 Å². The number of halogens is 2. The van der Waals surface area contributed by atoms with E-state index in [9.17, 15) is 8.78 Å². The molecule has 0 amide bonds. The van der Waals surface area contributed by atoms with Crippen LogP contribution in [0.2, 0.25) is 0 Å². The van der Waals surface area contributed by atoms with E-state index in [2.05, 4.69) is 0 Å².